The van der Waals surface area contributed by atoms with Crippen LogP contribution in [-0.4, -0.2) is 40.3 Å². The van der Waals surface area contributed by atoms with Crippen LogP contribution in [0.3, 0.4) is 0 Å². The first kappa shape index (κ1) is 11.9. The molecule has 0 aliphatic carbocycles. The predicted octanol–water partition coefficient (Wildman–Crippen LogP) is 0.216. The standard InChI is InChI=1S/C13H15N5O/c19-13(16-9-10-7-14-8-10)12-6-11(2-4-15-12)18-5-1-3-17-18/h1-6,10,14H,7-9H2,(H,16,19). The minimum Gasteiger partial charge on any atom is -0.350 e. The fraction of sp³-hybridized carbons (Fsp3) is 0.308. The van der Waals surface area contributed by atoms with Gasteiger partial charge in [0.15, 0.2) is 0 Å². The fourth-order valence-electron chi connectivity index (χ4n) is 1.93. The van der Waals surface area contributed by atoms with E-state index in [1.807, 2.05) is 18.3 Å². The highest BCUT2D eigenvalue weighted by atomic mass is 16.1. The molecule has 2 N–H and O–H groups in total. The molecule has 0 bridgehead atoms. The monoisotopic (exact) mass is 257 g/mol. The van der Waals surface area contributed by atoms with E-state index in [0.29, 0.717) is 18.2 Å². The van der Waals surface area contributed by atoms with Gasteiger partial charge in [0, 0.05) is 44.1 Å². The number of nitrogens with one attached hydrogen (secondary N) is 2. The van der Waals surface area contributed by atoms with Crippen molar-refractivity contribution in [2.45, 2.75) is 0 Å². The van der Waals surface area contributed by atoms with Gasteiger partial charge in [0.25, 0.3) is 5.91 Å². The van der Waals surface area contributed by atoms with Gasteiger partial charge in [0.05, 0.1) is 5.69 Å². The maximum absolute atomic E-state index is 12.0. The topological polar surface area (TPSA) is 71.8 Å². The molecule has 98 valence electrons. The Morgan fingerprint density at radius 3 is 3.05 bits per heavy atom. The van der Waals surface area contributed by atoms with Crippen LogP contribution in [0.4, 0.5) is 0 Å². The van der Waals surface area contributed by atoms with Crippen LogP contribution in [0, 0.1) is 5.92 Å². The highest BCUT2D eigenvalue weighted by molar-refractivity contribution is 5.92. The SMILES string of the molecule is O=C(NCC1CNC1)c1cc(-n2cccn2)ccn1. The van der Waals surface area contributed by atoms with Crippen molar-refractivity contribution < 1.29 is 4.79 Å². The molecule has 0 atom stereocenters. The van der Waals surface area contributed by atoms with Crippen molar-refractivity contribution in [3.63, 3.8) is 0 Å². The summed E-state index contributed by atoms with van der Waals surface area (Å²) >= 11 is 0. The van der Waals surface area contributed by atoms with Gasteiger partial charge >= 0.3 is 0 Å². The van der Waals surface area contributed by atoms with Gasteiger partial charge in [-0.05, 0) is 18.2 Å². The lowest BCUT2D eigenvalue weighted by atomic mass is 10.0. The minimum absolute atomic E-state index is 0.138. The quantitative estimate of drug-likeness (QED) is 0.821. The van der Waals surface area contributed by atoms with E-state index in [-0.39, 0.29) is 5.91 Å². The largest absolute Gasteiger partial charge is 0.350 e. The Morgan fingerprint density at radius 2 is 2.37 bits per heavy atom. The maximum Gasteiger partial charge on any atom is 0.269 e. The molecule has 1 amide bonds. The number of amides is 1. The van der Waals surface area contributed by atoms with Gasteiger partial charge in [-0.3, -0.25) is 9.78 Å². The number of hydrogen-bond acceptors (Lipinski definition) is 4. The van der Waals surface area contributed by atoms with Crippen LogP contribution < -0.4 is 10.6 Å². The van der Waals surface area contributed by atoms with Gasteiger partial charge in [-0.1, -0.05) is 0 Å². The van der Waals surface area contributed by atoms with E-state index in [4.69, 9.17) is 0 Å². The van der Waals surface area contributed by atoms with Crippen LogP contribution in [0.25, 0.3) is 5.69 Å². The zero-order valence-corrected chi connectivity index (χ0v) is 10.4. The summed E-state index contributed by atoms with van der Waals surface area (Å²) in [5.74, 6) is 0.402. The molecule has 0 saturated carbocycles. The Labute approximate surface area is 110 Å². The molecule has 6 heteroatoms. The van der Waals surface area contributed by atoms with Crippen LogP contribution in [0.2, 0.25) is 0 Å². The first-order chi connectivity index (χ1) is 9.33. The highest BCUT2D eigenvalue weighted by Gasteiger charge is 2.18. The Hall–Kier alpha value is -2.21. The van der Waals surface area contributed by atoms with Gasteiger partial charge in [0.2, 0.25) is 0 Å². The fourth-order valence-corrected chi connectivity index (χ4v) is 1.93. The van der Waals surface area contributed by atoms with Crippen LogP contribution in [-0.2, 0) is 0 Å². The molecule has 3 heterocycles. The molecule has 1 aliphatic rings. The number of rotatable bonds is 4. The summed E-state index contributed by atoms with van der Waals surface area (Å²) in [7, 11) is 0. The van der Waals surface area contributed by atoms with Crippen molar-refractivity contribution in [2.75, 3.05) is 19.6 Å². The normalized spacial score (nSPS) is 14.9. The molecule has 1 fully saturated rings. The summed E-state index contributed by atoms with van der Waals surface area (Å²) in [4.78, 5) is 16.1. The van der Waals surface area contributed by atoms with Crippen molar-refractivity contribution in [1.29, 1.82) is 0 Å². The number of pyridine rings is 1. The van der Waals surface area contributed by atoms with Gasteiger partial charge < -0.3 is 10.6 Å². The molecular weight excluding hydrogens is 242 g/mol. The van der Waals surface area contributed by atoms with Crippen molar-refractivity contribution in [2.24, 2.45) is 5.92 Å². The van der Waals surface area contributed by atoms with Crippen LogP contribution in [0.1, 0.15) is 10.5 Å². The van der Waals surface area contributed by atoms with Crippen molar-refractivity contribution in [3.8, 4) is 5.69 Å². The van der Waals surface area contributed by atoms with Crippen molar-refractivity contribution >= 4 is 5.91 Å². The second kappa shape index (κ2) is 5.19. The molecule has 1 aliphatic heterocycles. The molecule has 1 saturated heterocycles. The zero-order chi connectivity index (χ0) is 13.1. The van der Waals surface area contributed by atoms with E-state index in [1.165, 1.54) is 0 Å². The Morgan fingerprint density at radius 1 is 1.47 bits per heavy atom. The minimum atomic E-state index is -0.138. The second-order valence-electron chi connectivity index (χ2n) is 4.58. The average molecular weight is 257 g/mol. The third-order valence-corrected chi connectivity index (χ3v) is 3.16. The first-order valence-electron chi connectivity index (χ1n) is 6.28. The summed E-state index contributed by atoms with van der Waals surface area (Å²) in [6.45, 7) is 2.64. The summed E-state index contributed by atoms with van der Waals surface area (Å²) in [6.07, 6.45) is 5.15. The number of hydrogen-bond donors (Lipinski definition) is 2. The molecule has 2 aromatic heterocycles. The summed E-state index contributed by atoms with van der Waals surface area (Å²) in [5.41, 5.74) is 1.25. The van der Waals surface area contributed by atoms with Crippen LogP contribution in [0.5, 0.6) is 0 Å². The van der Waals surface area contributed by atoms with E-state index in [1.54, 1.807) is 23.1 Å². The van der Waals surface area contributed by atoms with E-state index in [0.717, 1.165) is 18.8 Å². The first-order valence-corrected chi connectivity index (χ1v) is 6.28. The number of aromatic nitrogens is 3. The van der Waals surface area contributed by atoms with Crippen LogP contribution in [0.15, 0.2) is 36.8 Å². The maximum atomic E-state index is 12.0. The van der Waals surface area contributed by atoms with Gasteiger partial charge in [-0.2, -0.15) is 5.10 Å². The number of carbonyl (C=O) groups is 1. The molecule has 19 heavy (non-hydrogen) atoms. The van der Waals surface area contributed by atoms with E-state index < -0.39 is 0 Å². The molecule has 2 aromatic rings. The molecule has 0 unspecified atom stereocenters. The predicted molar refractivity (Wildman–Crippen MR) is 70.1 cm³/mol. The summed E-state index contributed by atoms with van der Waals surface area (Å²) < 4.78 is 1.70. The molecule has 6 nitrogen and oxygen atoms in total. The van der Waals surface area contributed by atoms with E-state index in [2.05, 4.69) is 20.7 Å². The molecule has 0 radical (unpaired) electrons. The summed E-state index contributed by atoms with van der Waals surface area (Å²) in [6, 6.07) is 5.39. The Bertz CT molecular complexity index is 562. The average Bonchev–Trinajstić information content (AvgIpc) is 2.91. The van der Waals surface area contributed by atoms with Gasteiger partial charge in [-0.15, -0.1) is 0 Å². The van der Waals surface area contributed by atoms with Gasteiger partial charge in [0.1, 0.15) is 5.69 Å². The number of nitrogens with zero attached hydrogens (tertiary/aromatic N) is 3. The lowest BCUT2D eigenvalue weighted by molar-refractivity contribution is 0.0937. The Kier molecular flexibility index (Phi) is 3.24. The van der Waals surface area contributed by atoms with Crippen LogP contribution >= 0.6 is 0 Å². The lowest BCUT2D eigenvalue weighted by Gasteiger charge is -2.26. The molecule has 3 rings (SSSR count). The van der Waals surface area contributed by atoms with Gasteiger partial charge in [-0.25, -0.2) is 4.68 Å². The number of carbonyl (C=O) groups excluding carboxylic acids is 1. The highest BCUT2D eigenvalue weighted by Crippen LogP contribution is 2.07. The molecule has 0 aromatic carbocycles. The smallest absolute Gasteiger partial charge is 0.269 e. The zero-order valence-electron chi connectivity index (χ0n) is 10.4. The molecular formula is C13H15N5O. The third kappa shape index (κ3) is 2.63. The Balaban J connectivity index is 1.69. The summed E-state index contributed by atoms with van der Waals surface area (Å²) in [5, 5.41) is 10.2. The second-order valence-corrected chi connectivity index (χ2v) is 4.58. The van der Waals surface area contributed by atoms with E-state index >= 15 is 0 Å². The lowest BCUT2D eigenvalue weighted by Crippen LogP contribution is -2.48. The van der Waals surface area contributed by atoms with Crippen molar-refractivity contribution in [3.05, 3.63) is 42.5 Å². The third-order valence-electron chi connectivity index (χ3n) is 3.16. The molecule has 0 spiro atoms. The van der Waals surface area contributed by atoms with E-state index in [9.17, 15) is 4.79 Å². The van der Waals surface area contributed by atoms with Crippen molar-refractivity contribution in [1.82, 2.24) is 25.4 Å².